The molecule has 0 aromatic carbocycles. The van der Waals surface area contributed by atoms with E-state index in [2.05, 4.69) is 0 Å². The molecule has 1 aromatic heterocycles. The molecule has 15 heavy (non-hydrogen) atoms. The lowest BCUT2D eigenvalue weighted by atomic mass is 10.2. The second-order valence-electron chi connectivity index (χ2n) is 2.97. The van der Waals surface area contributed by atoms with Crippen molar-refractivity contribution in [3.8, 4) is 5.06 Å². The van der Waals surface area contributed by atoms with Crippen molar-refractivity contribution in [1.82, 2.24) is 0 Å². The number of rotatable bonds is 6. The first-order valence-electron chi connectivity index (χ1n) is 4.34. The second-order valence-corrected chi connectivity index (χ2v) is 3.85. The number of hydrogen-bond acceptors (Lipinski definition) is 4. The van der Waals surface area contributed by atoms with E-state index in [0.29, 0.717) is 5.06 Å². The molecule has 6 heteroatoms. The maximum Gasteiger partial charge on any atom is 0.305 e. The largest absolute Gasteiger partial charge is 0.484 e. The summed E-state index contributed by atoms with van der Waals surface area (Å²) in [7, 11) is 0. The zero-order valence-corrected chi connectivity index (χ0v) is 8.67. The average molecular weight is 234 g/mol. The molecule has 0 aliphatic carbocycles. The summed E-state index contributed by atoms with van der Waals surface area (Å²) in [5.74, 6) is -1.41. The molecule has 1 heterocycles. The number of aliphatic carboxylic acids is 1. The van der Waals surface area contributed by atoms with E-state index >= 15 is 0 Å². The van der Waals surface area contributed by atoms with Crippen molar-refractivity contribution < 1.29 is 24.1 Å². The Balaban J connectivity index is 2.18. The van der Waals surface area contributed by atoms with Gasteiger partial charge in [-0.2, -0.15) is 0 Å². The number of aliphatic hydroxyl groups is 1. The van der Waals surface area contributed by atoms with Gasteiger partial charge in [0.05, 0.1) is 19.1 Å². The van der Waals surface area contributed by atoms with E-state index in [9.17, 15) is 14.3 Å². The maximum atomic E-state index is 12.5. The summed E-state index contributed by atoms with van der Waals surface area (Å²) in [6.45, 7) is 0.175. The molecular formula is C9H11FO4S. The van der Waals surface area contributed by atoms with E-state index in [1.807, 2.05) is 0 Å². The Morgan fingerprint density at radius 1 is 1.67 bits per heavy atom. The molecular weight excluding hydrogens is 223 g/mol. The van der Waals surface area contributed by atoms with Crippen LogP contribution < -0.4 is 4.74 Å². The fraction of sp³-hybridized carbons (Fsp3) is 0.444. The lowest BCUT2D eigenvalue weighted by molar-refractivity contribution is -0.139. The molecule has 84 valence electrons. The van der Waals surface area contributed by atoms with Gasteiger partial charge in [0.15, 0.2) is 5.06 Å². The number of thiophene rings is 1. The summed E-state index contributed by atoms with van der Waals surface area (Å²) in [6.07, 6.45) is -1.01. The molecule has 0 saturated carbocycles. The van der Waals surface area contributed by atoms with Crippen LogP contribution in [0.25, 0.3) is 0 Å². The highest BCUT2D eigenvalue weighted by atomic mass is 32.1. The first kappa shape index (κ1) is 11.9. The van der Waals surface area contributed by atoms with Crippen molar-refractivity contribution in [3.63, 3.8) is 0 Å². The third kappa shape index (κ3) is 4.75. The molecule has 4 nitrogen and oxygen atoms in total. The SMILES string of the molecule is O=C(O)CC(O)CCOc1cc(F)cs1. The van der Waals surface area contributed by atoms with Gasteiger partial charge in [-0.05, 0) is 0 Å². The highest BCUT2D eigenvalue weighted by Gasteiger charge is 2.09. The molecule has 0 bridgehead atoms. The van der Waals surface area contributed by atoms with Crippen LogP contribution in [0.3, 0.4) is 0 Å². The quantitative estimate of drug-likeness (QED) is 0.782. The molecule has 0 spiro atoms. The van der Waals surface area contributed by atoms with Gasteiger partial charge in [-0.1, -0.05) is 0 Å². The van der Waals surface area contributed by atoms with Gasteiger partial charge in [0.25, 0.3) is 0 Å². The molecule has 0 radical (unpaired) electrons. The number of halogens is 1. The lowest BCUT2D eigenvalue weighted by Gasteiger charge is -2.07. The van der Waals surface area contributed by atoms with Crippen LogP contribution in [-0.4, -0.2) is 28.9 Å². The summed E-state index contributed by atoms with van der Waals surface area (Å²) in [5, 5.41) is 19.3. The van der Waals surface area contributed by atoms with Gasteiger partial charge in [0.2, 0.25) is 0 Å². The molecule has 1 atom stereocenters. The average Bonchev–Trinajstić information content (AvgIpc) is 2.50. The number of carbonyl (C=O) groups is 1. The number of ether oxygens (including phenoxy) is 1. The first-order chi connectivity index (χ1) is 7.08. The summed E-state index contributed by atoms with van der Waals surface area (Å²) >= 11 is 1.12. The van der Waals surface area contributed by atoms with Crippen molar-refractivity contribution in [2.45, 2.75) is 18.9 Å². The summed E-state index contributed by atoms with van der Waals surface area (Å²) in [6, 6.07) is 1.24. The van der Waals surface area contributed by atoms with Gasteiger partial charge >= 0.3 is 5.97 Å². The molecule has 0 amide bonds. The Morgan fingerprint density at radius 3 is 2.93 bits per heavy atom. The molecule has 1 unspecified atom stereocenters. The normalized spacial score (nSPS) is 12.4. The standard InChI is InChI=1S/C9H11FO4S/c10-6-3-9(15-5-6)14-2-1-7(11)4-8(12)13/h3,5,7,11H,1-2,4H2,(H,12,13). The third-order valence-electron chi connectivity index (χ3n) is 1.65. The zero-order valence-electron chi connectivity index (χ0n) is 7.85. The minimum atomic E-state index is -1.05. The molecule has 1 rings (SSSR count). The monoisotopic (exact) mass is 234 g/mol. The van der Waals surface area contributed by atoms with Crippen LogP contribution in [0.15, 0.2) is 11.4 Å². The first-order valence-corrected chi connectivity index (χ1v) is 5.22. The highest BCUT2D eigenvalue weighted by Crippen LogP contribution is 2.21. The van der Waals surface area contributed by atoms with Gasteiger partial charge in [-0.25, -0.2) is 4.39 Å². The van der Waals surface area contributed by atoms with E-state index in [0.717, 1.165) is 11.3 Å². The Morgan fingerprint density at radius 2 is 2.40 bits per heavy atom. The van der Waals surface area contributed by atoms with Crippen molar-refractivity contribution in [1.29, 1.82) is 0 Å². The highest BCUT2D eigenvalue weighted by molar-refractivity contribution is 7.11. The van der Waals surface area contributed by atoms with Crippen molar-refractivity contribution >= 4 is 17.3 Å². The van der Waals surface area contributed by atoms with Gasteiger partial charge in [-0.15, -0.1) is 11.3 Å². The topological polar surface area (TPSA) is 66.8 Å². The fourth-order valence-corrected chi connectivity index (χ4v) is 1.60. The fourth-order valence-electron chi connectivity index (χ4n) is 0.970. The van der Waals surface area contributed by atoms with Gasteiger partial charge in [0, 0.05) is 17.9 Å². The Labute approximate surface area is 89.9 Å². The molecule has 0 aliphatic heterocycles. The molecule has 0 fully saturated rings. The van der Waals surface area contributed by atoms with Gasteiger partial charge in [-0.3, -0.25) is 4.79 Å². The van der Waals surface area contributed by atoms with E-state index in [-0.39, 0.29) is 25.3 Å². The van der Waals surface area contributed by atoms with Crippen LogP contribution in [0.2, 0.25) is 0 Å². The Hall–Kier alpha value is -1.14. The summed E-state index contributed by atoms with van der Waals surface area (Å²) < 4.78 is 17.6. The number of carboxylic acids is 1. The van der Waals surface area contributed by atoms with Crippen molar-refractivity contribution in [3.05, 3.63) is 17.3 Å². The molecule has 1 aromatic rings. The van der Waals surface area contributed by atoms with Gasteiger partial charge < -0.3 is 14.9 Å². The second kappa shape index (κ2) is 5.67. The minimum absolute atomic E-state index is 0.175. The van der Waals surface area contributed by atoms with Crippen LogP contribution >= 0.6 is 11.3 Å². The van der Waals surface area contributed by atoms with Crippen LogP contribution in [-0.2, 0) is 4.79 Å². The molecule has 2 N–H and O–H groups in total. The number of carboxylic acid groups (broad SMARTS) is 1. The van der Waals surface area contributed by atoms with Crippen LogP contribution in [0.5, 0.6) is 5.06 Å². The summed E-state index contributed by atoms with van der Waals surface area (Å²) in [4.78, 5) is 10.2. The predicted octanol–water partition coefficient (Wildman–Crippen LogP) is 1.49. The van der Waals surface area contributed by atoms with Crippen LogP contribution in [0.4, 0.5) is 4.39 Å². The van der Waals surface area contributed by atoms with Crippen molar-refractivity contribution in [2.75, 3.05) is 6.61 Å². The number of hydrogen-bond donors (Lipinski definition) is 2. The van der Waals surface area contributed by atoms with E-state index < -0.39 is 12.1 Å². The minimum Gasteiger partial charge on any atom is -0.484 e. The van der Waals surface area contributed by atoms with Crippen molar-refractivity contribution in [2.24, 2.45) is 0 Å². The molecule has 0 saturated heterocycles. The predicted molar refractivity (Wildman–Crippen MR) is 52.6 cm³/mol. The van der Waals surface area contributed by atoms with Crippen LogP contribution in [0.1, 0.15) is 12.8 Å². The van der Waals surface area contributed by atoms with Gasteiger partial charge in [0.1, 0.15) is 5.82 Å². The maximum absolute atomic E-state index is 12.5. The smallest absolute Gasteiger partial charge is 0.305 e. The van der Waals surface area contributed by atoms with E-state index in [1.54, 1.807) is 0 Å². The Kier molecular flexibility index (Phi) is 4.51. The third-order valence-corrected chi connectivity index (χ3v) is 2.46. The summed E-state index contributed by atoms with van der Waals surface area (Å²) in [5.41, 5.74) is 0. The molecule has 0 aliphatic rings. The van der Waals surface area contributed by atoms with E-state index in [4.69, 9.17) is 9.84 Å². The lowest BCUT2D eigenvalue weighted by Crippen LogP contribution is -2.16. The Bertz CT molecular complexity index is 326. The zero-order chi connectivity index (χ0) is 11.3. The van der Waals surface area contributed by atoms with E-state index in [1.165, 1.54) is 11.4 Å². The van der Waals surface area contributed by atoms with Crippen LogP contribution in [0, 0.1) is 5.82 Å². The number of aliphatic hydroxyl groups excluding tert-OH is 1.